The molecule has 5 nitrogen and oxygen atoms in total. The first-order chi connectivity index (χ1) is 15.5. The van der Waals surface area contributed by atoms with Gasteiger partial charge in [0.2, 0.25) is 5.91 Å². The molecule has 0 bridgehead atoms. The minimum atomic E-state index is -4.01. The maximum Gasteiger partial charge on any atom is 0.264 e. The van der Waals surface area contributed by atoms with Gasteiger partial charge in [0.1, 0.15) is 6.54 Å². The van der Waals surface area contributed by atoms with Gasteiger partial charge in [-0.2, -0.15) is 0 Å². The van der Waals surface area contributed by atoms with E-state index in [0.29, 0.717) is 16.3 Å². The number of carbonyl (C=O) groups excluding carboxylic acids is 1. The van der Waals surface area contributed by atoms with Gasteiger partial charge in [-0.1, -0.05) is 59.1 Å². The Balaban J connectivity index is 1.95. The molecule has 0 radical (unpaired) electrons. The van der Waals surface area contributed by atoms with E-state index in [9.17, 15) is 13.2 Å². The van der Waals surface area contributed by atoms with E-state index in [1.807, 2.05) is 39.8 Å². The Kier molecular flexibility index (Phi) is 7.50. The summed E-state index contributed by atoms with van der Waals surface area (Å²) < 4.78 is 28.3. The third-order valence-corrected chi connectivity index (χ3v) is 7.61. The fourth-order valence-electron chi connectivity index (χ4n) is 3.80. The third kappa shape index (κ3) is 5.75. The van der Waals surface area contributed by atoms with Gasteiger partial charge in [-0.25, -0.2) is 8.42 Å². The fraction of sp³-hybridized carbons (Fsp3) is 0.269. The van der Waals surface area contributed by atoms with Gasteiger partial charge in [0, 0.05) is 5.02 Å². The van der Waals surface area contributed by atoms with Gasteiger partial charge in [-0.05, 0) is 75.6 Å². The standard InChI is InChI=1S/C26H29ClN2O3S/c1-17-6-11-23(12-7-17)33(31,32)29(25-15-22(27)10-9-19(25)3)16-26(30)28-21(5)24-13-8-18(2)14-20(24)4/h6-15,21H,16H2,1-5H3,(H,28,30)/t21-/m1/s1. The van der Waals surface area contributed by atoms with E-state index >= 15 is 0 Å². The lowest BCUT2D eigenvalue weighted by molar-refractivity contribution is -0.120. The topological polar surface area (TPSA) is 66.5 Å². The molecule has 0 saturated heterocycles. The summed E-state index contributed by atoms with van der Waals surface area (Å²) in [6.07, 6.45) is 0. The second-order valence-corrected chi connectivity index (χ2v) is 10.7. The van der Waals surface area contributed by atoms with E-state index in [4.69, 9.17) is 11.6 Å². The summed E-state index contributed by atoms with van der Waals surface area (Å²) in [5.74, 6) is -0.405. The van der Waals surface area contributed by atoms with E-state index in [1.165, 1.54) is 0 Å². The summed E-state index contributed by atoms with van der Waals surface area (Å²) >= 11 is 6.19. The molecule has 0 aliphatic rings. The Bertz CT molecular complexity index is 1270. The van der Waals surface area contributed by atoms with E-state index in [-0.39, 0.29) is 17.5 Å². The number of sulfonamides is 1. The first-order valence-electron chi connectivity index (χ1n) is 10.7. The molecule has 0 fully saturated rings. The molecule has 1 N–H and O–H groups in total. The van der Waals surface area contributed by atoms with Crippen molar-refractivity contribution in [3.05, 3.63) is 93.5 Å². The molecular formula is C26H29ClN2O3S. The molecule has 1 atom stereocenters. The van der Waals surface area contributed by atoms with Gasteiger partial charge >= 0.3 is 0 Å². The van der Waals surface area contributed by atoms with E-state index in [1.54, 1.807) is 49.4 Å². The molecule has 0 unspecified atom stereocenters. The van der Waals surface area contributed by atoms with Crippen molar-refractivity contribution in [2.75, 3.05) is 10.8 Å². The van der Waals surface area contributed by atoms with Crippen LogP contribution in [0.5, 0.6) is 0 Å². The van der Waals surface area contributed by atoms with Gasteiger partial charge in [-0.3, -0.25) is 9.10 Å². The highest BCUT2D eigenvalue weighted by Crippen LogP contribution is 2.30. The summed E-state index contributed by atoms with van der Waals surface area (Å²) in [6, 6.07) is 17.3. The molecule has 0 saturated carbocycles. The van der Waals surface area contributed by atoms with Crippen LogP contribution in [0.25, 0.3) is 0 Å². The largest absolute Gasteiger partial charge is 0.348 e. The first kappa shape index (κ1) is 24.8. The number of hydrogen-bond donors (Lipinski definition) is 1. The third-order valence-electron chi connectivity index (χ3n) is 5.61. The summed E-state index contributed by atoms with van der Waals surface area (Å²) in [7, 11) is -4.01. The Labute approximate surface area is 201 Å². The smallest absolute Gasteiger partial charge is 0.264 e. The van der Waals surface area contributed by atoms with Crippen molar-refractivity contribution in [3.63, 3.8) is 0 Å². The SMILES string of the molecule is Cc1ccc(S(=O)(=O)N(CC(=O)N[C@H](C)c2ccc(C)cc2C)c2cc(Cl)ccc2C)cc1. The van der Waals surface area contributed by atoms with Crippen LogP contribution in [0, 0.1) is 27.7 Å². The maximum absolute atomic E-state index is 13.6. The van der Waals surface area contributed by atoms with E-state index < -0.39 is 15.9 Å². The highest BCUT2D eigenvalue weighted by molar-refractivity contribution is 7.92. The van der Waals surface area contributed by atoms with Crippen LogP contribution in [0.15, 0.2) is 65.6 Å². The minimum Gasteiger partial charge on any atom is -0.348 e. The number of benzene rings is 3. The highest BCUT2D eigenvalue weighted by Gasteiger charge is 2.29. The number of aryl methyl sites for hydroxylation is 4. The molecule has 3 aromatic rings. The number of anilines is 1. The normalized spacial score (nSPS) is 12.3. The van der Waals surface area contributed by atoms with Crippen LogP contribution in [-0.2, 0) is 14.8 Å². The number of carbonyl (C=O) groups is 1. The number of hydrogen-bond acceptors (Lipinski definition) is 3. The van der Waals surface area contributed by atoms with Crippen LogP contribution in [0.1, 0.15) is 40.8 Å². The van der Waals surface area contributed by atoms with Crippen LogP contribution in [0.4, 0.5) is 5.69 Å². The summed E-state index contributed by atoms with van der Waals surface area (Å²) in [4.78, 5) is 13.2. The van der Waals surface area contributed by atoms with Crippen LogP contribution in [-0.4, -0.2) is 20.9 Å². The molecule has 0 aromatic heterocycles. The molecule has 0 aliphatic heterocycles. The lowest BCUT2D eigenvalue weighted by Crippen LogP contribution is -2.42. The average Bonchev–Trinajstić information content (AvgIpc) is 2.74. The summed E-state index contributed by atoms with van der Waals surface area (Å²) in [6.45, 7) is 9.21. The molecular weight excluding hydrogens is 456 g/mol. The predicted molar refractivity (Wildman–Crippen MR) is 134 cm³/mol. The van der Waals surface area contributed by atoms with Gasteiger partial charge in [-0.15, -0.1) is 0 Å². The molecule has 0 spiro atoms. The van der Waals surface area contributed by atoms with E-state index in [2.05, 4.69) is 11.4 Å². The van der Waals surface area contributed by atoms with Crippen LogP contribution in [0.2, 0.25) is 5.02 Å². The minimum absolute atomic E-state index is 0.114. The van der Waals surface area contributed by atoms with Gasteiger partial charge in [0.15, 0.2) is 0 Å². The maximum atomic E-state index is 13.6. The Morgan fingerprint density at radius 3 is 2.18 bits per heavy atom. The molecule has 0 aliphatic carbocycles. The second kappa shape index (κ2) is 9.98. The Hall–Kier alpha value is -2.83. The second-order valence-electron chi connectivity index (χ2n) is 8.40. The highest BCUT2D eigenvalue weighted by atomic mass is 35.5. The number of amides is 1. The van der Waals surface area contributed by atoms with Crippen molar-refractivity contribution in [1.29, 1.82) is 0 Å². The molecule has 1 amide bonds. The molecule has 33 heavy (non-hydrogen) atoms. The van der Waals surface area contributed by atoms with Crippen molar-refractivity contribution in [2.24, 2.45) is 0 Å². The van der Waals surface area contributed by atoms with E-state index in [0.717, 1.165) is 26.6 Å². The van der Waals surface area contributed by atoms with Crippen LogP contribution >= 0.6 is 11.6 Å². The zero-order chi connectivity index (χ0) is 24.3. The first-order valence-corrected chi connectivity index (χ1v) is 12.5. The van der Waals surface area contributed by atoms with Gasteiger partial charge < -0.3 is 5.32 Å². The van der Waals surface area contributed by atoms with Crippen LogP contribution in [0.3, 0.4) is 0 Å². The van der Waals surface area contributed by atoms with Crippen LogP contribution < -0.4 is 9.62 Å². The average molecular weight is 485 g/mol. The lowest BCUT2D eigenvalue weighted by Gasteiger charge is -2.27. The zero-order valence-corrected chi connectivity index (χ0v) is 21.1. The zero-order valence-electron chi connectivity index (χ0n) is 19.5. The number of nitrogens with one attached hydrogen (secondary N) is 1. The molecule has 174 valence electrons. The van der Waals surface area contributed by atoms with Crippen molar-refractivity contribution in [1.82, 2.24) is 5.32 Å². The monoisotopic (exact) mass is 484 g/mol. The Morgan fingerprint density at radius 1 is 0.909 bits per heavy atom. The van der Waals surface area contributed by atoms with Gasteiger partial charge in [0.25, 0.3) is 10.0 Å². The number of nitrogens with zero attached hydrogens (tertiary/aromatic N) is 1. The Morgan fingerprint density at radius 2 is 1.55 bits per heavy atom. The predicted octanol–water partition coefficient (Wildman–Crippen LogP) is 5.65. The molecule has 7 heteroatoms. The van der Waals surface area contributed by atoms with Crippen molar-refractivity contribution >= 4 is 33.2 Å². The molecule has 3 aromatic carbocycles. The summed E-state index contributed by atoms with van der Waals surface area (Å²) in [5, 5.41) is 3.34. The van der Waals surface area contributed by atoms with Gasteiger partial charge in [0.05, 0.1) is 16.6 Å². The number of rotatable bonds is 7. The molecule has 3 rings (SSSR count). The van der Waals surface area contributed by atoms with Crippen molar-refractivity contribution in [3.8, 4) is 0 Å². The van der Waals surface area contributed by atoms with Crippen molar-refractivity contribution in [2.45, 2.75) is 45.6 Å². The quantitative estimate of drug-likeness (QED) is 0.471. The summed E-state index contributed by atoms with van der Waals surface area (Å²) in [5.41, 5.74) is 5.21. The number of halogens is 1. The molecule has 0 heterocycles. The fourth-order valence-corrected chi connectivity index (χ4v) is 5.44. The lowest BCUT2D eigenvalue weighted by atomic mass is 10.0. The van der Waals surface area contributed by atoms with Crippen molar-refractivity contribution < 1.29 is 13.2 Å².